The van der Waals surface area contributed by atoms with E-state index in [0.29, 0.717) is 66.4 Å². The highest BCUT2D eigenvalue weighted by Gasteiger charge is 2.11. The van der Waals surface area contributed by atoms with Crippen LogP contribution in [-0.2, 0) is 14.2 Å². The molecule has 0 aliphatic carbocycles. The van der Waals surface area contributed by atoms with Gasteiger partial charge < -0.3 is 43.2 Å². The maximum Gasteiger partial charge on any atom is 0.569 e. The van der Waals surface area contributed by atoms with Gasteiger partial charge in [0.2, 0.25) is 0 Å². The minimum atomic E-state index is -0.328. The maximum absolute atomic E-state index is 12.9. The lowest BCUT2D eigenvalue weighted by Gasteiger charge is -2.10. The van der Waals surface area contributed by atoms with E-state index in [4.69, 9.17) is 85.0 Å². The van der Waals surface area contributed by atoms with E-state index in [1.54, 1.807) is 73.8 Å². The fourth-order valence-corrected chi connectivity index (χ4v) is 6.47. The van der Waals surface area contributed by atoms with Crippen molar-refractivity contribution in [2.24, 2.45) is 0 Å². The number of nitrogens with zero attached hydrogens (tertiary/aromatic N) is 4. The molecule has 0 amide bonds. The standard InChI is InChI=1S/2C13H11ClFNO2.C7H7ClINO2.C6H5BFO2.C5H3ClINO/c2*1-17-8-18-11-6-7-12(14)16-13(11)9-2-4-10(15)5-3-9;1-11-4-12-5-2-3-6(8)10-7(5)9;8-5-1-3-6(4-2-5)10-7-9;6-4-2-1-3(9)5(7)8-4/h2*2-7H,8H2,1H3;2-3H,4H2,1H3;1-4,9H;1-2,9H. The first-order chi connectivity index (χ1) is 32.2. The van der Waals surface area contributed by atoms with Gasteiger partial charge in [-0.1, -0.05) is 46.4 Å². The Morgan fingerprint density at radius 2 is 0.821 bits per heavy atom. The third kappa shape index (κ3) is 21.6. The Bertz CT molecular complexity index is 2460. The summed E-state index contributed by atoms with van der Waals surface area (Å²) < 4.78 is 74.2. The summed E-state index contributed by atoms with van der Waals surface area (Å²) in [6, 6.07) is 30.4. The first-order valence-corrected chi connectivity index (χ1v) is 22.3. The Kier molecular flexibility index (Phi) is 26.8. The van der Waals surface area contributed by atoms with Crippen LogP contribution < -0.4 is 18.9 Å². The molecule has 0 atom stereocenters. The number of hydrogen-bond donors (Lipinski definition) is 2. The zero-order valence-corrected chi connectivity index (χ0v) is 42.5. The van der Waals surface area contributed by atoms with E-state index in [9.17, 15) is 13.2 Å². The van der Waals surface area contributed by atoms with Crippen LogP contribution in [-0.4, -0.2) is 79.5 Å². The average molecular weight is 1230 g/mol. The van der Waals surface area contributed by atoms with Crippen molar-refractivity contribution in [3.63, 3.8) is 0 Å². The summed E-state index contributed by atoms with van der Waals surface area (Å²) in [5.41, 5.74) is 2.56. The zero-order chi connectivity index (χ0) is 49.1. The molecule has 0 unspecified atom stereocenters. The lowest BCUT2D eigenvalue weighted by molar-refractivity contribution is 0.0501. The number of pyridine rings is 4. The molecule has 67 heavy (non-hydrogen) atoms. The Morgan fingerprint density at radius 3 is 1.18 bits per heavy atom. The number of benzene rings is 3. The van der Waals surface area contributed by atoms with Gasteiger partial charge in [0.1, 0.15) is 79.9 Å². The predicted octanol–water partition coefficient (Wildman–Crippen LogP) is 12.1. The Labute approximate surface area is 432 Å². The van der Waals surface area contributed by atoms with Crippen molar-refractivity contribution in [2.45, 2.75) is 0 Å². The molecule has 1 radical (unpaired) electrons. The van der Waals surface area contributed by atoms with Crippen molar-refractivity contribution in [1.29, 1.82) is 0 Å². The van der Waals surface area contributed by atoms with Crippen LogP contribution in [0, 0.1) is 24.9 Å². The SMILES string of the molecule is COCOc1ccc(Cl)nc1-c1ccc(F)cc1.COCOc1ccc(Cl)nc1-c1ccc(F)cc1.COCOc1ccc(Cl)nc1I.O[B]Oc1ccc(F)cc1.Oc1ccc(Cl)nc1I. The van der Waals surface area contributed by atoms with Crippen molar-refractivity contribution in [3.05, 3.63) is 167 Å². The van der Waals surface area contributed by atoms with Crippen LogP contribution in [0.15, 0.2) is 121 Å². The van der Waals surface area contributed by atoms with Crippen LogP contribution in [0.5, 0.6) is 28.7 Å². The largest absolute Gasteiger partial charge is 0.569 e. The van der Waals surface area contributed by atoms with E-state index in [1.807, 2.05) is 45.2 Å². The molecule has 23 heteroatoms. The average Bonchev–Trinajstić information content (AvgIpc) is 3.31. The Hall–Kier alpha value is -4.43. The highest BCUT2D eigenvalue weighted by atomic mass is 127. The molecule has 4 aromatic heterocycles. The van der Waals surface area contributed by atoms with Gasteiger partial charge in [-0.15, -0.1) is 0 Å². The van der Waals surface area contributed by atoms with Crippen LogP contribution in [0.2, 0.25) is 20.6 Å². The van der Waals surface area contributed by atoms with Gasteiger partial charge in [-0.05, 0) is 167 Å². The van der Waals surface area contributed by atoms with Crippen LogP contribution >= 0.6 is 91.6 Å². The highest BCUT2D eigenvalue weighted by Crippen LogP contribution is 2.31. The molecule has 0 fully saturated rings. The topological polar surface area (TPSA) is 157 Å². The molecule has 0 saturated carbocycles. The minimum Gasteiger partial charge on any atom is -0.537 e. The fraction of sp³-hybridized carbons (Fsp3) is 0.136. The van der Waals surface area contributed by atoms with Crippen LogP contribution in [0.3, 0.4) is 0 Å². The van der Waals surface area contributed by atoms with Crippen molar-refractivity contribution < 1.29 is 56.4 Å². The molecule has 353 valence electrons. The minimum absolute atomic E-state index is 0.109. The molecule has 13 nitrogen and oxygen atoms in total. The number of ether oxygens (including phenoxy) is 6. The summed E-state index contributed by atoms with van der Waals surface area (Å²) in [5, 5.41) is 18.6. The fourth-order valence-electron chi connectivity index (χ4n) is 4.56. The van der Waals surface area contributed by atoms with E-state index < -0.39 is 0 Å². The molecular formula is C44H37BCl4F3I2N4O9. The lowest BCUT2D eigenvalue weighted by Crippen LogP contribution is -2.01. The van der Waals surface area contributed by atoms with Crippen molar-refractivity contribution in [1.82, 2.24) is 19.9 Å². The summed E-state index contributed by atoms with van der Waals surface area (Å²) in [6.07, 6.45) is 0. The molecule has 2 N–H and O–H groups in total. The molecule has 0 saturated heterocycles. The van der Waals surface area contributed by atoms with Crippen LogP contribution in [0.1, 0.15) is 0 Å². The summed E-state index contributed by atoms with van der Waals surface area (Å²) in [7, 11) is 5.17. The number of hydrogen-bond acceptors (Lipinski definition) is 13. The first-order valence-electron chi connectivity index (χ1n) is 18.6. The molecule has 7 aromatic rings. The third-order valence-electron chi connectivity index (χ3n) is 7.46. The van der Waals surface area contributed by atoms with Crippen LogP contribution in [0.25, 0.3) is 22.5 Å². The van der Waals surface area contributed by atoms with Gasteiger partial charge in [-0.25, -0.2) is 33.1 Å². The smallest absolute Gasteiger partial charge is 0.537 e. The van der Waals surface area contributed by atoms with E-state index in [-0.39, 0.29) is 43.6 Å². The van der Waals surface area contributed by atoms with Crippen molar-refractivity contribution >= 4 is 99.3 Å². The molecular weight excluding hydrogens is 1190 g/mol. The first kappa shape index (κ1) is 56.9. The van der Waals surface area contributed by atoms with Crippen molar-refractivity contribution in [2.75, 3.05) is 41.7 Å². The van der Waals surface area contributed by atoms with Gasteiger partial charge in [0.25, 0.3) is 0 Å². The van der Waals surface area contributed by atoms with Crippen LogP contribution in [0.4, 0.5) is 13.2 Å². The Morgan fingerprint density at radius 1 is 0.478 bits per heavy atom. The Balaban J connectivity index is 0.000000228. The zero-order valence-electron chi connectivity index (χ0n) is 35.2. The monoisotopic (exact) mass is 1230 g/mol. The summed E-state index contributed by atoms with van der Waals surface area (Å²) >= 11 is 26.8. The van der Waals surface area contributed by atoms with E-state index in [2.05, 4.69) is 24.6 Å². The second-order valence-corrected chi connectivity index (χ2v) is 15.8. The van der Waals surface area contributed by atoms with Gasteiger partial charge in [0.15, 0.2) is 26.1 Å². The number of methoxy groups -OCH3 is 3. The van der Waals surface area contributed by atoms with Gasteiger partial charge >= 0.3 is 7.69 Å². The molecule has 0 aliphatic heterocycles. The van der Waals surface area contributed by atoms with Gasteiger partial charge in [0, 0.05) is 32.5 Å². The van der Waals surface area contributed by atoms with Gasteiger partial charge in [-0.2, -0.15) is 0 Å². The molecule has 0 aliphatic rings. The lowest BCUT2D eigenvalue weighted by atomic mass is 10.1. The maximum atomic E-state index is 12.9. The molecule has 4 heterocycles. The number of halogens is 9. The number of aromatic nitrogens is 4. The molecule has 0 bridgehead atoms. The van der Waals surface area contributed by atoms with Gasteiger partial charge in [-0.3, -0.25) is 0 Å². The number of aromatic hydroxyl groups is 1. The highest BCUT2D eigenvalue weighted by molar-refractivity contribution is 14.1. The molecule has 0 spiro atoms. The second-order valence-electron chi connectivity index (χ2n) is 12.2. The summed E-state index contributed by atoms with van der Waals surface area (Å²) in [5.74, 6) is 1.39. The molecule has 3 aromatic carbocycles. The second kappa shape index (κ2) is 31.6. The van der Waals surface area contributed by atoms with Gasteiger partial charge in [0.05, 0.1) is 0 Å². The van der Waals surface area contributed by atoms with E-state index in [1.165, 1.54) is 68.8 Å². The quantitative estimate of drug-likeness (QED) is 0.0487. The summed E-state index contributed by atoms with van der Waals surface area (Å²) in [4.78, 5) is 16.2. The third-order valence-corrected chi connectivity index (χ3v) is 9.87. The predicted molar refractivity (Wildman–Crippen MR) is 267 cm³/mol. The summed E-state index contributed by atoms with van der Waals surface area (Å²) in [6.45, 7) is 0.439. The van der Waals surface area contributed by atoms with Crippen molar-refractivity contribution in [3.8, 4) is 51.3 Å². The number of rotatable bonds is 13. The normalized spacial score (nSPS) is 9.99. The van der Waals surface area contributed by atoms with E-state index >= 15 is 0 Å². The molecule has 7 rings (SSSR count). The van der Waals surface area contributed by atoms with E-state index in [0.717, 1.165) is 14.8 Å².